The first kappa shape index (κ1) is 8.51. The highest BCUT2D eigenvalue weighted by molar-refractivity contribution is 5.25. The summed E-state index contributed by atoms with van der Waals surface area (Å²) in [6, 6.07) is 0. The summed E-state index contributed by atoms with van der Waals surface area (Å²) >= 11 is 0. The minimum Gasteiger partial charge on any atom is -0.332 e. The molecule has 0 bridgehead atoms. The third-order valence-corrected chi connectivity index (χ3v) is 3.71. The van der Waals surface area contributed by atoms with Crippen molar-refractivity contribution in [3.63, 3.8) is 0 Å². The van der Waals surface area contributed by atoms with Crippen LogP contribution in [0.15, 0.2) is 0 Å². The van der Waals surface area contributed by atoms with E-state index in [0.29, 0.717) is 5.92 Å². The lowest BCUT2D eigenvalue weighted by molar-refractivity contribution is 0.458. The highest BCUT2D eigenvalue weighted by Gasteiger charge is 2.31. The van der Waals surface area contributed by atoms with Gasteiger partial charge in [0.1, 0.15) is 5.82 Å². The van der Waals surface area contributed by atoms with Crippen molar-refractivity contribution >= 4 is 0 Å². The molecule has 0 amide bonds. The zero-order valence-electron chi connectivity index (χ0n) is 9.08. The quantitative estimate of drug-likeness (QED) is 0.665. The molecule has 2 heteroatoms. The van der Waals surface area contributed by atoms with Gasteiger partial charge in [-0.25, -0.2) is 4.98 Å². The van der Waals surface area contributed by atoms with Crippen LogP contribution in [0.4, 0.5) is 0 Å². The van der Waals surface area contributed by atoms with Crippen molar-refractivity contribution in [2.45, 2.75) is 57.9 Å². The molecule has 1 unspecified atom stereocenters. The molecule has 0 N–H and O–H groups in total. The van der Waals surface area contributed by atoms with E-state index in [-0.39, 0.29) is 0 Å². The molecule has 0 aromatic carbocycles. The van der Waals surface area contributed by atoms with Crippen LogP contribution in [0.3, 0.4) is 0 Å². The number of rotatable bonds is 1. The van der Waals surface area contributed by atoms with Gasteiger partial charge in [-0.3, -0.25) is 0 Å². The first-order chi connectivity index (χ1) is 6.77. The molecule has 0 spiro atoms. The fourth-order valence-corrected chi connectivity index (χ4v) is 2.66. The van der Waals surface area contributed by atoms with Crippen LogP contribution in [0.25, 0.3) is 0 Å². The van der Waals surface area contributed by atoms with Crippen LogP contribution < -0.4 is 0 Å². The molecule has 0 radical (unpaired) electrons. The fourth-order valence-electron chi connectivity index (χ4n) is 2.66. The maximum Gasteiger partial charge on any atom is 0.112 e. The van der Waals surface area contributed by atoms with Crippen LogP contribution in [0.1, 0.15) is 61.7 Å². The normalized spacial score (nSPS) is 26.3. The lowest BCUT2D eigenvalue weighted by atomic mass is 10.0. The predicted octanol–water partition coefficient (Wildman–Crippen LogP) is 2.97. The Kier molecular flexibility index (Phi) is 1.73. The summed E-state index contributed by atoms with van der Waals surface area (Å²) in [5.74, 6) is 2.84. The molecule has 1 atom stereocenters. The van der Waals surface area contributed by atoms with Crippen LogP contribution in [0, 0.1) is 6.92 Å². The van der Waals surface area contributed by atoms with Gasteiger partial charge in [0.2, 0.25) is 0 Å². The summed E-state index contributed by atoms with van der Waals surface area (Å²) in [6.45, 7) is 5.77. The molecule has 1 aliphatic heterocycles. The Morgan fingerprint density at radius 2 is 2.07 bits per heavy atom. The number of hydrogen-bond donors (Lipinski definition) is 0. The van der Waals surface area contributed by atoms with Crippen LogP contribution >= 0.6 is 0 Å². The molecule has 1 aromatic heterocycles. The Labute approximate surface area is 85.3 Å². The molecular weight excluding hydrogens is 172 g/mol. The lowest BCUT2D eigenvalue weighted by Crippen LogP contribution is -2.14. The van der Waals surface area contributed by atoms with Crippen LogP contribution in [0.2, 0.25) is 0 Å². The molecule has 76 valence electrons. The van der Waals surface area contributed by atoms with Crippen molar-refractivity contribution < 1.29 is 0 Å². The Hall–Kier alpha value is -0.790. The molecule has 0 saturated heterocycles. The number of nitrogens with zero attached hydrogens (tertiary/aromatic N) is 2. The van der Waals surface area contributed by atoms with Gasteiger partial charge in [0.25, 0.3) is 0 Å². The number of aromatic nitrogens is 2. The first-order valence-corrected chi connectivity index (χ1v) is 5.84. The van der Waals surface area contributed by atoms with E-state index in [4.69, 9.17) is 4.98 Å². The molecule has 2 heterocycles. The van der Waals surface area contributed by atoms with E-state index in [1.165, 1.54) is 49.4 Å². The van der Waals surface area contributed by atoms with Crippen molar-refractivity contribution in [3.05, 3.63) is 17.2 Å². The molecule has 1 saturated carbocycles. The van der Waals surface area contributed by atoms with Gasteiger partial charge in [0.05, 0.1) is 5.69 Å². The van der Waals surface area contributed by atoms with Crippen LogP contribution in [-0.4, -0.2) is 9.55 Å². The maximum absolute atomic E-state index is 4.86. The van der Waals surface area contributed by atoms with Crippen molar-refractivity contribution in [2.24, 2.45) is 0 Å². The van der Waals surface area contributed by atoms with Crippen molar-refractivity contribution in [2.75, 3.05) is 0 Å². The zero-order chi connectivity index (χ0) is 9.71. The molecule has 14 heavy (non-hydrogen) atoms. The van der Waals surface area contributed by atoms with Gasteiger partial charge in [-0.15, -0.1) is 0 Å². The van der Waals surface area contributed by atoms with Gasteiger partial charge < -0.3 is 4.57 Å². The standard InChI is InChI=1S/C12H18N2/c1-8-4-3-7-14-9(2)11(10-5-6-10)13-12(8)14/h8,10H,3-7H2,1-2H3. The minimum absolute atomic E-state index is 0.676. The lowest BCUT2D eigenvalue weighted by Gasteiger charge is -2.20. The second-order valence-electron chi connectivity index (χ2n) is 4.91. The number of hydrogen-bond acceptors (Lipinski definition) is 1. The summed E-state index contributed by atoms with van der Waals surface area (Å²) in [5, 5.41) is 0. The maximum atomic E-state index is 4.86. The topological polar surface area (TPSA) is 17.8 Å². The zero-order valence-corrected chi connectivity index (χ0v) is 9.08. The second-order valence-corrected chi connectivity index (χ2v) is 4.91. The highest BCUT2D eigenvalue weighted by Crippen LogP contribution is 2.42. The van der Waals surface area contributed by atoms with E-state index in [9.17, 15) is 0 Å². The molecule has 1 aromatic rings. The predicted molar refractivity (Wildman–Crippen MR) is 56.6 cm³/mol. The first-order valence-electron chi connectivity index (χ1n) is 5.84. The summed E-state index contributed by atoms with van der Waals surface area (Å²) < 4.78 is 2.46. The number of imidazole rings is 1. The SMILES string of the molecule is Cc1c(C2CC2)nc2n1CCCC2C. The van der Waals surface area contributed by atoms with E-state index < -0.39 is 0 Å². The molecular formula is C12H18N2. The third kappa shape index (κ3) is 1.13. The fraction of sp³-hybridized carbons (Fsp3) is 0.750. The van der Waals surface area contributed by atoms with E-state index in [2.05, 4.69) is 18.4 Å². The van der Waals surface area contributed by atoms with Crippen LogP contribution in [0.5, 0.6) is 0 Å². The largest absolute Gasteiger partial charge is 0.332 e. The van der Waals surface area contributed by atoms with E-state index in [1.54, 1.807) is 0 Å². The summed E-state index contributed by atoms with van der Waals surface area (Å²) in [6.07, 6.45) is 5.38. The van der Waals surface area contributed by atoms with Gasteiger partial charge >= 0.3 is 0 Å². The Bertz CT molecular complexity index is 361. The van der Waals surface area contributed by atoms with Crippen molar-refractivity contribution in [3.8, 4) is 0 Å². The number of fused-ring (bicyclic) bond motifs is 1. The average molecular weight is 190 g/mol. The molecule has 2 aliphatic rings. The second kappa shape index (κ2) is 2.85. The highest BCUT2D eigenvalue weighted by atomic mass is 15.1. The van der Waals surface area contributed by atoms with Gasteiger partial charge in [-0.05, 0) is 32.6 Å². The molecule has 1 fully saturated rings. The smallest absolute Gasteiger partial charge is 0.112 e. The molecule has 3 rings (SSSR count). The third-order valence-electron chi connectivity index (χ3n) is 3.71. The van der Waals surface area contributed by atoms with Crippen molar-refractivity contribution in [1.29, 1.82) is 0 Å². The molecule has 2 nitrogen and oxygen atoms in total. The van der Waals surface area contributed by atoms with Gasteiger partial charge in [0.15, 0.2) is 0 Å². The van der Waals surface area contributed by atoms with Gasteiger partial charge in [0, 0.05) is 24.1 Å². The van der Waals surface area contributed by atoms with Crippen molar-refractivity contribution in [1.82, 2.24) is 9.55 Å². The monoisotopic (exact) mass is 190 g/mol. The van der Waals surface area contributed by atoms with Gasteiger partial charge in [-0.1, -0.05) is 6.92 Å². The van der Waals surface area contributed by atoms with E-state index in [0.717, 1.165) is 5.92 Å². The Morgan fingerprint density at radius 3 is 2.71 bits per heavy atom. The minimum atomic E-state index is 0.676. The summed E-state index contributed by atoms with van der Waals surface area (Å²) in [5.41, 5.74) is 2.86. The van der Waals surface area contributed by atoms with E-state index >= 15 is 0 Å². The summed E-state index contributed by atoms with van der Waals surface area (Å²) in [4.78, 5) is 4.86. The van der Waals surface area contributed by atoms with E-state index in [1.807, 2.05) is 0 Å². The Morgan fingerprint density at radius 1 is 1.29 bits per heavy atom. The average Bonchev–Trinajstić information content (AvgIpc) is 2.94. The summed E-state index contributed by atoms with van der Waals surface area (Å²) in [7, 11) is 0. The Balaban J connectivity index is 2.08. The van der Waals surface area contributed by atoms with Gasteiger partial charge in [-0.2, -0.15) is 0 Å². The molecule has 1 aliphatic carbocycles. The van der Waals surface area contributed by atoms with Crippen LogP contribution in [-0.2, 0) is 6.54 Å².